The fourth-order valence-electron chi connectivity index (χ4n) is 1.93. The number of rotatable bonds is 2. The van der Waals surface area contributed by atoms with Gasteiger partial charge in [-0.15, -0.1) is 0 Å². The molecule has 2 rings (SSSR count). The summed E-state index contributed by atoms with van der Waals surface area (Å²) in [4.78, 5) is 0. The summed E-state index contributed by atoms with van der Waals surface area (Å²) in [6.07, 6.45) is 5.35. The quantitative estimate of drug-likeness (QED) is 0.543. The van der Waals surface area contributed by atoms with Crippen molar-refractivity contribution in [1.82, 2.24) is 0 Å². The summed E-state index contributed by atoms with van der Waals surface area (Å²) in [5.41, 5.74) is 0. The Kier molecular flexibility index (Phi) is 1.26. The molecular formula is C8H13O. The minimum atomic E-state index is 0.791. The highest BCUT2D eigenvalue weighted by Gasteiger charge is 2.45. The topological polar surface area (TPSA) is 9.23 Å². The van der Waals surface area contributed by atoms with E-state index in [-0.39, 0.29) is 0 Å². The van der Waals surface area contributed by atoms with Crippen molar-refractivity contribution in [3.8, 4) is 0 Å². The Morgan fingerprint density at radius 3 is 3.00 bits per heavy atom. The third-order valence-electron chi connectivity index (χ3n) is 2.48. The Morgan fingerprint density at radius 2 is 2.44 bits per heavy atom. The van der Waals surface area contributed by atoms with Gasteiger partial charge in [-0.25, -0.2) is 0 Å². The second kappa shape index (κ2) is 1.98. The van der Waals surface area contributed by atoms with Gasteiger partial charge in [-0.3, -0.25) is 0 Å². The second-order valence-electron chi connectivity index (χ2n) is 3.30. The average Bonchev–Trinajstić information content (AvgIpc) is 2.42. The minimum Gasteiger partial charge on any atom is -0.384 e. The molecule has 0 heterocycles. The van der Waals surface area contributed by atoms with Gasteiger partial charge in [0.1, 0.15) is 0 Å². The summed E-state index contributed by atoms with van der Waals surface area (Å²) in [6, 6.07) is 0. The van der Waals surface area contributed by atoms with Gasteiger partial charge in [0.15, 0.2) is 0 Å². The lowest BCUT2D eigenvalue weighted by atomic mass is 10.1. The van der Waals surface area contributed by atoms with Gasteiger partial charge < -0.3 is 4.74 Å². The van der Waals surface area contributed by atoms with Crippen LogP contribution in [0, 0.1) is 24.2 Å². The predicted molar refractivity (Wildman–Crippen MR) is 35.9 cm³/mol. The maximum Gasteiger partial charge on any atom is 0.0493 e. The Labute approximate surface area is 56.4 Å². The van der Waals surface area contributed by atoms with Crippen LogP contribution in [0.2, 0.25) is 0 Å². The first-order valence-corrected chi connectivity index (χ1v) is 3.74. The van der Waals surface area contributed by atoms with E-state index in [2.05, 4.69) is 6.42 Å². The van der Waals surface area contributed by atoms with Crippen LogP contribution in [0.25, 0.3) is 0 Å². The zero-order valence-electron chi connectivity index (χ0n) is 5.84. The summed E-state index contributed by atoms with van der Waals surface area (Å²) in [6.45, 7) is 0.951. The molecule has 0 saturated heterocycles. The molecule has 1 nitrogen and oxygen atoms in total. The Morgan fingerprint density at radius 1 is 1.56 bits per heavy atom. The van der Waals surface area contributed by atoms with Crippen molar-refractivity contribution in [3.63, 3.8) is 0 Å². The number of ether oxygens (including phenoxy) is 1. The molecule has 1 heteroatoms. The first kappa shape index (κ1) is 5.72. The smallest absolute Gasteiger partial charge is 0.0493 e. The molecule has 0 aromatic heterocycles. The van der Waals surface area contributed by atoms with Crippen LogP contribution >= 0.6 is 0 Å². The molecule has 1 radical (unpaired) electrons. The highest BCUT2D eigenvalue weighted by Crippen LogP contribution is 2.53. The van der Waals surface area contributed by atoms with E-state index < -0.39 is 0 Å². The normalized spacial score (nSPS) is 47.0. The summed E-state index contributed by atoms with van der Waals surface area (Å²) >= 11 is 0. The summed E-state index contributed by atoms with van der Waals surface area (Å²) < 4.78 is 5.06. The van der Waals surface area contributed by atoms with Gasteiger partial charge in [-0.05, 0) is 37.0 Å². The van der Waals surface area contributed by atoms with Crippen LogP contribution in [0.3, 0.4) is 0 Å². The lowest BCUT2D eigenvalue weighted by molar-refractivity contribution is 0.163. The molecule has 0 aliphatic heterocycles. The fourth-order valence-corrected chi connectivity index (χ4v) is 1.93. The lowest BCUT2D eigenvalue weighted by Crippen LogP contribution is -2.05. The van der Waals surface area contributed by atoms with Crippen LogP contribution in [0.15, 0.2) is 0 Å². The van der Waals surface area contributed by atoms with Crippen molar-refractivity contribution in [3.05, 3.63) is 6.42 Å². The SMILES string of the molecule is COCC1[CH]C2CC2C1. The molecule has 2 aliphatic rings. The fraction of sp³-hybridized carbons (Fsp3) is 0.875. The summed E-state index contributed by atoms with van der Waals surface area (Å²) in [5, 5.41) is 0. The molecule has 3 atom stereocenters. The van der Waals surface area contributed by atoms with E-state index in [1.165, 1.54) is 12.8 Å². The molecule has 0 aromatic carbocycles. The molecule has 0 spiro atoms. The maximum absolute atomic E-state index is 5.06. The zero-order chi connectivity index (χ0) is 6.27. The monoisotopic (exact) mass is 125 g/mol. The summed E-state index contributed by atoms with van der Waals surface area (Å²) in [5.74, 6) is 2.84. The van der Waals surface area contributed by atoms with E-state index >= 15 is 0 Å². The molecule has 0 aromatic rings. The Balaban J connectivity index is 1.77. The highest BCUT2D eigenvalue weighted by atomic mass is 16.5. The van der Waals surface area contributed by atoms with E-state index in [9.17, 15) is 0 Å². The molecule has 51 valence electrons. The van der Waals surface area contributed by atoms with Crippen LogP contribution < -0.4 is 0 Å². The average molecular weight is 125 g/mol. The largest absolute Gasteiger partial charge is 0.384 e. The summed E-state index contributed by atoms with van der Waals surface area (Å²) in [7, 11) is 1.79. The third-order valence-corrected chi connectivity index (χ3v) is 2.48. The molecular weight excluding hydrogens is 112 g/mol. The van der Waals surface area contributed by atoms with Crippen molar-refractivity contribution < 1.29 is 4.74 Å². The standard InChI is InChI=1S/C8H13O/c1-9-5-6-2-7-4-8(7)3-6/h2,6-8H,3-5H2,1H3. The third kappa shape index (κ3) is 0.983. The number of fused-ring (bicyclic) bond motifs is 1. The van der Waals surface area contributed by atoms with Gasteiger partial charge in [0, 0.05) is 13.7 Å². The van der Waals surface area contributed by atoms with E-state index in [1.807, 2.05) is 0 Å². The second-order valence-corrected chi connectivity index (χ2v) is 3.30. The Bertz CT molecular complexity index is 101. The van der Waals surface area contributed by atoms with Gasteiger partial charge in [-0.2, -0.15) is 0 Å². The van der Waals surface area contributed by atoms with E-state index in [0.29, 0.717) is 0 Å². The molecule has 0 bridgehead atoms. The molecule has 2 fully saturated rings. The van der Waals surface area contributed by atoms with Crippen molar-refractivity contribution in [1.29, 1.82) is 0 Å². The van der Waals surface area contributed by atoms with Crippen LogP contribution in [0.1, 0.15) is 12.8 Å². The molecule has 0 amide bonds. The lowest BCUT2D eigenvalue weighted by Gasteiger charge is -2.07. The highest BCUT2D eigenvalue weighted by molar-refractivity contribution is 5.07. The molecule has 0 N–H and O–H groups in total. The van der Waals surface area contributed by atoms with Crippen LogP contribution in [0.5, 0.6) is 0 Å². The molecule has 2 aliphatic carbocycles. The van der Waals surface area contributed by atoms with Gasteiger partial charge in [0.05, 0.1) is 0 Å². The Hall–Kier alpha value is -0.0400. The van der Waals surface area contributed by atoms with Gasteiger partial charge in [0.25, 0.3) is 0 Å². The number of methoxy groups -OCH3 is 1. The van der Waals surface area contributed by atoms with Gasteiger partial charge in [0.2, 0.25) is 0 Å². The molecule has 3 unspecified atom stereocenters. The van der Waals surface area contributed by atoms with Crippen molar-refractivity contribution in [2.24, 2.45) is 17.8 Å². The first-order valence-electron chi connectivity index (χ1n) is 3.74. The van der Waals surface area contributed by atoms with Gasteiger partial charge in [-0.1, -0.05) is 0 Å². The first-order chi connectivity index (χ1) is 4.40. The van der Waals surface area contributed by atoms with Crippen molar-refractivity contribution in [2.75, 3.05) is 13.7 Å². The number of hydrogen-bond donors (Lipinski definition) is 0. The van der Waals surface area contributed by atoms with Crippen LogP contribution in [0.4, 0.5) is 0 Å². The molecule has 2 saturated carbocycles. The minimum absolute atomic E-state index is 0.791. The van der Waals surface area contributed by atoms with E-state index in [0.717, 1.165) is 24.4 Å². The predicted octanol–water partition coefficient (Wildman–Crippen LogP) is 1.49. The van der Waals surface area contributed by atoms with E-state index in [1.54, 1.807) is 7.11 Å². The van der Waals surface area contributed by atoms with Gasteiger partial charge >= 0.3 is 0 Å². The maximum atomic E-state index is 5.06. The number of hydrogen-bond acceptors (Lipinski definition) is 1. The van der Waals surface area contributed by atoms with Crippen LogP contribution in [-0.4, -0.2) is 13.7 Å². The van der Waals surface area contributed by atoms with Crippen molar-refractivity contribution >= 4 is 0 Å². The van der Waals surface area contributed by atoms with Crippen molar-refractivity contribution in [2.45, 2.75) is 12.8 Å². The zero-order valence-corrected chi connectivity index (χ0v) is 5.84. The van der Waals surface area contributed by atoms with E-state index in [4.69, 9.17) is 4.74 Å². The molecule has 9 heavy (non-hydrogen) atoms. The van der Waals surface area contributed by atoms with Crippen LogP contribution in [-0.2, 0) is 4.74 Å².